The zero-order valence-electron chi connectivity index (χ0n) is 10.9. The number of rotatable bonds is 4. The van der Waals surface area contributed by atoms with Crippen molar-refractivity contribution < 1.29 is 4.79 Å². The van der Waals surface area contributed by atoms with Crippen LogP contribution in [0.4, 0.5) is 0 Å². The van der Waals surface area contributed by atoms with Crippen LogP contribution in [-0.2, 0) is 0 Å². The number of H-pyrrole nitrogens is 1. The lowest BCUT2D eigenvalue weighted by atomic mass is 9.79. The van der Waals surface area contributed by atoms with E-state index in [0.29, 0.717) is 24.9 Å². The number of aromatic nitrogens is 2. The third-order valence-corrected chi connectivity index (χ3v) is 3.81. The lowest BCUT2D eigenvalue weighted by Crippen LogP contribution is -2.37. The predicted molar refractivity (Wildman–Crippen MR) is 71.7 cm³/mol. The number of aromatic amines is 1. The number of nitrogens with zero attached hydrogens (tertiary/aromatic N) is 1. The standard InChI is InChI=1S/C13H20N4O2/c14-7-9-3-1-2-4-10(9)8-15-13(19)11-5-6-12(18)17-16-11/h5-6,9-10H,1-4,7-8,14H2,(H,15,19)(H,17,18). The van der Waals surface area contributed by atoms with Crippen LogP contribution in [0.5, 0.6) is 0 Å². The number of hydrogen-bond acceptors (Lipinski definition) is 4. The Balaban J connectivity index is 1.89. The molecule has 1 saturated carbocycles. The molecule has 0 saturated heterocycles. The molecule has 19 heavy (non-hydrogen) atoms. The van der Waals surface area contributed by atoms with Crippen LogP contribution >= 0.6 is 0 Å². The summed E-state index contributed by atoms with van der Waals surface area (Å²) in [5.41, 5.74) is 5.69. The van der Waals surface area contributed by atoms with Gasteiger partial charge in [-0.1, -0.05) is 12.8 Å². The molecule has 0 bridgehead atoms. The maximum absolute atomic E-state index is 11.9. The quantitative estimate of drug-likeness (QED) is 0.726. The second kappa shape index (κ2) is 6.47. The Kier molecular flexibility index (Phi) is 4.68. The van der Waals surface area contributed by atoms with Gasteiger partial charge in [-0.15, -0.1) is 0 Å². The van der Waals surface area contributed by atoms with Crippen LogP contribution in [0.25, 0.3) is 0 Å². The van der Waals surface area contributed by atoms with Crippen molar-refractivity contribution in [3.05, 3.63) is 28.2 Å². The Labute approximate surface area is 111 Å². The maximum atomic E-state index is 11.9. The summed E-state index contributed by atoms with van der Waals surface area (Å²) in [6, 6.07) is 2.72. The van der Waals surface area contributed by atoms with E-state index in [0.717, 1.165) is 12.8 Å². The summed E-state index contributed by atoms with van der Waals surface area (Å²) in [7, 11) is 0. The van der Waals surface area contributed by atoms with E-state index < -0.39 is 0 Å². The molecule has 2 atom stereocenters. The van der Waals surface area contributed by atoms with Crippen LogP contribution in [0.3, 0.4) is 0 Å². The highest BCUT2D eigenvalue weighted by Crippen LogP contribution is 2.28. The van der Waals surface area contributed by atoms with Gasteiger partial charge in [-0.05, 0) is 37.3 Å². The lowest BCUT2D eigenvalue weighted by molar-refractivity contribution is 0.0929. The minimum atomic E-state index is -0.313. The molecular formula is C13H20N4O2. The largest absolute Gasteiger partial charge is 0.350 e. The van der Waals surface area contributed by atoms with Gasteiger partial charge < -0.3 is 11.1 Å². The van der Waals surface area contributed by atoms with Gasteiger partial charge in [0.2, 0.25) is 0 Å². The zero-order valence-corrected chi connectivity index (χ0v) is 10.9. The van der Waals surface area contributed by atoms with Gasteiger partial charge in [0.15, 0.2) is 0 Å². The van der Waals surface area contributed by atoms with Gasteiger partial charge in [-0.25, -0.2) is 5.10 Å². The molecular weight excluding hydrogens is 244 g/mol. The summed E-state index contributed by atoms with van der Waals surface area (Å²) in [6.45, 7) is 1.30. The molecule has 1 heterocycles. The van der Waals surface area contributed by atoms with Crippen molar-refractivity contribution in [1.82, 2.24) is 15.5 Å². The lowest BCUT2D eigenvalue weighted by Gasteiger charge is -2.30. The third-order valence-electron chi connectivity index (χ3n) is 3.81. The first-order valence-electron chi connectivity index (χ1n) is 6.74. The molecule has 2 rings (SSSR count). The van der Waals surface area contributed by atoms with E-state index in [1.165, 1.54) is 25.0 Å². The van der Waals surface area contributed by atoms with Crippen molar-refractivity contribution in [3.63, 3.8) is 0 Å². The maximum Gasteiger partial charge on any atom is 0.271 e. The fraction of sp³-hybridized carbons (Fsp3) is 0.615. The number of amides is 1. The highest BCUT2D eigenvalue weighted by Gasteiger charge is 2.24. The molecule has 6 nitrogen and oxygen atoms in total. The van der Waals surface area contributed by atoms with E-state index in [1.807, 2.05) is 0 Å². The Morgan fingerprint density at radius 2 is 2.11 bits per heavy atom. The van der Waals surface area contributed by atoms with E-state index >= 15 is 0 Å². The van der Waals surface area contributed by atoms with Gasteiger partial charge in [0.25, 0.3) is 11.5 Å². The molecule has 0 aromatic carbocycles. The molecule has 0 aliphatic heterocycles. The van der Waals surface area contributed by atoms with Crippen molar-refractivity contribution in [2.75, 3.05) is 13.1 Å². The first kappa shape index (κ1) is 13.7. The van der Waals surface area contributed by atoms with Crippen LogP contribution in [-0.4, -0.2) is 29.2 Å². The van der Waals surface area contributed by atoms with Crippen LogP contribution in [0.1, 0.15) is 36.2 Å². The normalized spacial score (nSPS) is 23.0. The number of nitrogens with two attached hydrogens (primary N) is 1. The molecule has 6 heteroatoms. The minimum Gasteiger partial charge on any atom is -0.350 e. The molecule has 4 N–H and O–H groups in total. The first-order chi connectivity index (χ1) is 9.20. The van der Waals surface area contributed by atoms with E-state index in [4.69, 9.17) is 5.73 Å². The Hall–Kier alpha value is -1.69. The van der Waals surface area contributed by atoms with Crippen LogP contribution in [0, 0.1) is 11.8 Å². The molecule has 0 spiro atoms. The summed E-state index contributed by atoms with van der Waals surface area (Å²) in [5.74, 6) is 0.695. The van der Waals surface area contributed by atoms with Crippen molar-refractivity contribution in [3.8, 4) is 0 Å². The van der Waals surface area contributed by atoms with Crippen LogP contribution in [0.2, 0.25) is 0 Å². The summed E-state index contributed by atoms with van der Waals surface area (Å²) < 4.78 is 0. The second-order valence-electron chi connectivity index (χ2n) is 5.06. The first-order valence-corrected chi connectivity index (χ1v) is 6.74. The van der Waals surface area contributed by atoms with Gasteiger partial charge >= 0.3 is 0 Å². The van der Waals surface area contributed by atoms with Gasteiger partial charge in [0, 0.05) is 12.6 Å². The smallest absolute Gasteiger partial charge is 0.271 e. The molecule has 1 aliphatic rings. The highest BCUT2D eigenvalue weighted by atomic mass is 16.2. The van der Waals surface area contributed by atoms with Gasteiger partial charge in [0.1, 0.15) is 5.69 Å². The molecule has 1 aromatic rings. The highest BCUT2D eigenvalue weighted by molar-refractivity contribution is 5.91. The summed E-state index contributed by atoms with van der Waals surface area (Å²) in [6.07, 6.45) is 4.69. The van der Waals surface area contributed by atoms with Crippen LogP contribution < -0.4 is 16.6 Å². The third kappa shape index (κ3) is 3.64. The van der Waals surface area contributed by atoms with Crippen molar-refractivity contribution in [1.29, 1.82) is 0 Å². The summed E-state index contributed by atoms with van der Waals surface area (Å²) in [4.78, 5) is 22.7. The molecule has 104 valence electrons. The van der Waals surface area contributed by atoms with E-state index in [-0.39, 0.29) is 17.2 Å². The van der Waals surface area contributed by atoms with E-state index in [2.05, 4.69) is 15.5 Å². The SMILES string of the molecule is NCC1CCCCC1CNC(=O)c1ccc(=O)[nH]n1. The fourth-order valence-electron chi connectivity index (χ4n) is 2.65. The number of hydrogen-bond donors (Lipinski definition) is 3. The molecule has 1 fully saturated rings. The number of carbonyl (C=O) groups excluding carboxylic acids is 1. The van der Waals surface area contributed by atoms with Crippen molar-refractivity contribution in [2.24, 2.45) is 17.6 Å². The number of carbonyl (C=O) groups is 1. The average molecular weight is 264 g/mol. The number of nitrogens with one attached hydrogen (secondary N) is 2. The van der Waals surface area contributed by atoms with E-state index in [9.17, 15) is 9.59 Å². The monoisotopic (exact) mass is 264 g/mol. The minimum absolute atomic E-state index is 0.236. The van der Waals surface area contributed by atoms with Crippen molar-refractivity contribution in [2.45, 2.75) is 25.7 Å². The molecule has 2 unspecified atom stereocenters. The second-order valence-corrected chi connectivity index (χ2v) is 5.06. The van der Waals surface area contributed by atoms with Gasteiger partial charge in [0.05, 0.1) is 0 Å². The topological polar surface area (TPSA) is 101 Å². The Bertz CT molecular complexity index is 465. The average Bonchev–Trinajstić information content (AvgIpc) is 2.45. The van der Waals surface area contributed by atoms with Gasteiger partial charge in [-0.2, -0.15) is 5.10 Å². The van der Waals surface area contributed by atoms with E-state index in [1.54, 1.807) is 0 Å². The molecule has 0 radical (unpaired) electrons. The molecule has 1 aromatic heterocycles. The summed E-state index contributed by atoms with van der Waals surface area (Å²) in [5, 5.41) is 8.83. The molecule has 1 amide bonds. The fourth-order valence-corrected chi connectivity index (χ4v) is 2.65. The van der Waals surface area contributed by atoms with Crippen LogP contribution in [0.15, 0.2) is 16.9 Å². The van der Waals surface area contributed by atoms with Gasteiger partial charge in [-0.3, -0.25) is 9.59 Å². The Morgan fingerprint density at radius 3 is 2.74 bits per heavy atom. The zero-order chi connectivity index (χ0) is 13.7. The molecule has 1 aliphatic carbocycles. The summed E-state index contributed by atoms with van der Waals surface area (Å²) >= 11 is 0. The predicted octanol–water partition coefficient (Wildman–Crippen LogP) is 0.265. The Morgan fingerprint density at radius 1 is 1.37 bits per heavy atom. The van der Waals surface area contributed by atoms with Crippen molar-refractivity contribution >= 4 is 5.91 Å².